The third-order valence-electron chi connectivity index (χ3n) is 4.78. The molecule has 0 saturated heterocycles. The van der Waals surface area contributed by atoms with Crippen molar-refractivity contribution in [1.29, 1.82) is 0 Å². The topological polar surface area (TPSA) is 63.1 Å². The van der Waals surface area contributed by atoms with Crippen molar-refractivity contribution in [3.8, 4) is 0 Å². The number of aryl methyl sites for hydroxylation is 1. The summed E-state index contributed by atoms with van der Waals surface area (Å²) in [6.45, 7) is 2.55. The van der Waals surface area contributed by atoms with Gasteiger partial charge in [-0.15, -0.1) is 0 Å². The minimum atomic E-state index is -0.136. The molecule has 1 aromatic carbocycles. The maximum absolute atomic E-state index is 12.2. The lowest BCUT2D eigenvalue weighted by molar-refractivity contribution is -0.123. The van der Waals surface area contributed by atoms with Crippen molar-refractivity contribution in [1.82, 2.24) is 9.88 Å². The van der Waals surface area contributed by atoms with Crippen LogP contribution in [0.1, 0.15) is 29.8 Å². The summed E-state index contributed by atoms with van der Waals surface area (Å²) in [5, 5.41) is 5.86. The zero-order valence-electron chi connectivity index (χ0n) is 14.1. The maximum Gasteiger partial charge on any atom is 0.227 e. The predicted molar refractivity (Wildman–Crippen MR) is 93.5 cm³/mol. The molecule has 1 atom stereocenters. The average molecular weight is 325 g/mol. The van der Waals surface area contributed by atoms with Crippen LogP contribution in [0.25, 0.3) is 0 Å². The molecule has 1 aromatic heterocycles. The van der Waals surface area contributed by atoms with Gasteiger partial charge >= 0.3 is 0 Å². The quantitative estimate of drug-likeness (QED) is 0.887. The van der Waals surface area contributed by atoms with Crippen LogP contribution in [0, 0.1) is 12.8 Å². The van der Waals surface area contributed by atoms with Gasteiger partial charge in [0.15, 0.2) is 0 Å². The van der Waals surface area contributed by atoms with E-state index in [2.05, 4.69) is 15.2 Å². The fourth-order valence-corrected chi connectivity index (χ4v) is 3.07. The van der Waals surface area contributed by atoms with E-state index in [4.69, 9.17) is 0 Å². The van der Waals surface area contributed by atoms with Gasteiger partial charge in [-0.25, -0.2) is 0 Å². The molecule has 5 nitrogen and oxygen atoms in total. The number of nitrogens with one attached hydrogen (secondary N) is 2. The normalized spacial score (nSPS) is 16.4. The lowest BCUT2D eigenvalue weighted by Crippen LogP contribution is -2.31. The molecule has 0 saturated carbocycles. The zero-order valence-corrected chi connectivity index (χ0v) is 14.1. The number of anilines is 1. The van der Waals surface area contributed by atoms with Crippen LogP contribution >= 0.6 is 0 Å². The summed E-state index contributed by atoms with van der Waals surface area (Å²) in [4.78, 5) is 24.2. The molecule has 0 radical (unpaired) electrons. The van der Waals surface area contributed by atoms with Crippen LogP contribution in [0.3, 0.4) is 0 Å². The van der Waals surface area contributed by atoms with Crippen LogP contribution in [0.2, 0.25) is 0 Å². The number of hydrogen-bond donors (Lipinski definition) is 2. The first-order valence-electron chi connectivity index (χ1n) is 8.31. The lowest BCUT2D eigenvalue weighted by atomic mass is 9.89. The van der Waals surface area contributed by atoms with Crippen molar-refractivity contribution in [2.45, 2.75) is 32.7 Å². The number of aromatic nitrogens is 1. The molecule has 126 valence electrons. The monoisotopic (exact) mass is 325 g/mol. The molecule has 0 bridgehead atoms. The molecule has 2 heterocycles. The number of nitrogens with zero attached hydrogens (tertiary/aromatic N) is 1. The molecule has 3 rings (SSSR count). The van der Waals surface area contributed by atoms with Crippen LogP contribution in [0.4, 0.5) is 5.69 Å². The van der Waals surface area contributed by atoms with E-state index in [1.165, 1.54) is 0 Å². The van der Waals surface area contributed by atoms with E-state index in [0.29, 0.717) is 25.8 Å². The second-order valence-corrected chi connectivity index (χ2v) is 6.39. The molecule has 5 heteroatoms. The highest BCUT2D eigenvalue weighted by molar-refractivity contribution is 5.96. The van der Waals surface area contributed by atoms with Crippen molar-refractivity contribution >= 4 is 17.5 Å². The van der Waals surface area contributed by atoms with Crippen molar-refractivity contribution < 1.29 is 9.59 Å². The summed E-state index contributed by atoms with van der Waals surface area (Å²) in [5.41, 5.74) is 4.27. The molecule has 24 heavy (non-hydrogen) atoms. The van der Waals surface area contributed by atoms with Gasteiger partial charge in [-0.3, -0.25) is 9.59 Å². The first kappa shape index (κ1) is 16.3. The van der Waals surface area contributed by atoms with E-state index < -0.39 is 0 Å². The summed E-state index contributed by atoms with van der Waals surface area (Å²) < 4.78 is 2.06. The molecule has 0 aliphatic carbocycles. The van der Waals surface area contributed by atoms with Gasteiger partial charge in [-0.05, 0) is 43.5 Å². The molecule has 0 fully saturated rings. The number of hydrogen-bond acceptors (Lipinski definition) is 2. The summed E-state index contributed by atoms with van der Waals surface area (Å²) in [6.07, 6.45) is 1.63. The summed E-state index contributed by atoms with van der Waals surface area (Å²) in [6, 6.07) is 11.9. The minimum Gasteiger partial charge on any atom is -0.351 e. The summed E-state index contributed by atoms with van der Waals surface area (Å²) in [7, 11) is 1.99. The van der Waals surface area contributed by atoms with Gasteiger partial charge in [0.25, 0.3) is 0 Å². The molecule has 0 spiro atoms. The van der Waals surface area contributed by atoms with Gasteiger partial charge in [0.1, 0.15) is 0 Å². The predicted octanol–water partition coefficient (Wildman–Crippen LogP) is 2.54. The largest absolute Gasteiger partial charge is 0.351 e. The Kier molecular flexibility index (Phi) is 4.69. The molecular weight excluding hydrogens is 302 g/mol. The highest BCUT2D eigenvalue weighted by Gasteiger charge is 2.26. The fourth-order valence-electron chi connectivity index (χ4n) is 3.07. The van der Waals surface area contributed by atoms with Gasteiger partial charge in [-0.2, -0.15) is 0 Å². The summed E-state index contributed by atoms with van der Waals surface area (Å²) >= 11 is 0. The molecule has 2 aromatic rings. The van der Waals surface area contributed by atoms with Crippen molar-refractivity contribution in [3.05, 3.63) is 53.3 Å². The van der Waals surface area contributed by atoms with Gasteiger partial charge in [0, 0.05) is 36.5 Å². The summed E-state index contributed by atoms with van der Waals surface area (Å²) in [5.74, 6) is -0.136. The Morgan fingerprint density at radius 3 is 2.83 bits per heavy atom. The Morgan fingerprint density at radius 1 is 1.29 bits per heavy atom. The second kappa shape index (κ2) is 6.91. The molecular formula is C19H23N3O2. The van der Waals surface area contributed by atoms with Crippen LogP contribution in [-0.2, 0) is 29.6 Å². The number of amides is 2. The third kappa shape index (κ3) is 3.50. The first-order valence-corrected chi connectivity index (χ1v) is 8.31. The van der Waals surface area contributed by atoms with Crippen LogP contribution in [0.15, 0.2) is 36.4 Å². The van der Waals surface area contributed by atoms with E-state index in [0.717, 1.165) is 22.6 Å². The van der Waals surface area contributed by atoms with E-state index in [1.54, 1.807) is 0 Å². The average Bonchev–Trinajstić information content (AvgIpc) is 2.90. The van der Waals surface area contributed by atoms with Gasteiger partial charge in [0.2, 0.25) is 11.8 Å². The van der Waals surface area contributed by atoms with Crippen LogP contribution in [0.5, 0.6) is 0 Å². The Balaban J connectivity index is 1.50. The number of fused-ring (bicyclic) bond motifs is 1. The highest BCUT2D eigenvalue weighted by atomic mass is 16.2. The molecule has 2 amide bonds. The molecule has 2 N–H and O–H groups in total. The third-order valence-corrected chi connectivity index (χ3v) is 4.78. The SMILES string of the molecule is Cc1ccc(CNC(=O)CCC2Cc3ccccc3NC2=O)n1C. The second-order valence-electron chi connectivity index (χ2n) is 6.39. The standard InChI is InChI=1S/C19H23N3O2/c1-13-7-9-16(22(13)2)12-20-18(23)10-8-15-11-14-5-3-4-6-17(14)21-19(15)24/h3-7,9,15H,8,10-12H2,1-2H3,(H,20,23)(H,21,24). The van der Waals surface area contributed by atoms with E-state index in [-0.39, 0.29) is 17.7 Å². The van der Waals surface area contributed by atoms with Crippen LogP contribution in [-0.4, -0.2) is 16.4 Å². The van der Waals surface area contributed by atoms with Crippen molar-refractivity contribution in [2.75, 3.05) is 5.32 Å². The Bertz CT molecular complexity index is 764. The number of carbonyl (C=O) groups is 2. The van der Waals surface area contributed by atoms with E-state index in [1.807, 2.05) is 50.4 Å². The minimum absolute atomic E-state index is 0.0134. The maximum atomic E-state index is 12.2. The van der Waals surface area contributed by atoms with Crippen LogP contribution < -0.4 is 10.6 Å². The Hall–Kier alpha value is -2.56. The van der Waals surface area contributed by atoms with Crippen molar-refractivity contribution in [2.24, 2.45) is 13.0 Å². The molecule has 1 unspecified atom stereocenters. The number of carbonyl (C=O) groups excluding carboxylic acids is 2. The zero-order chi connectivity index (χ0) is 17.1. The highest BCUT2D eigenvalue weighted by Crippen LogP contribution is 2.27. The van der Waals surface area contributed by atoms with Gasteiger partial charge in [-0.1, -0.05) is 18.2 Å². The smallest absolute Gasteiger partial charge is 0.227 e. The first-order chi connectivity index (χ1) is 11.5. The Labute approximate surface area is 142 Å². The Morgan fingerprint density at radius 2 is 2.08 bits per heavy atom. The number of benzene rings is 1. The van der Waals surface area contributed by atoms with Gasteiger partial charge in [0.05, 0.1) is 6.54 Å². The lowest BCUT2D eigenvalue weighted by Gasteiger charge is -2.24. The molecule has 1 aliphatic rings. The molecule has 1 aliphatic heterocycles. The number of rotatable bonds is 5. The van der Waals surface area contributed by atoms with Crippen molar-refractivity contribution in [3.63, 3.8) is 0 Å². The van der Waals surface area contributed by atoms with E-state index in [9.17, 15) is 9.59 Å². The fraction of sp³-hybridized carbons (Fsp3) is 0.368. The van der Waals surface area contributed by atoms with Gasteiger partial charge < -0.3 is 15.2 Å². The van der Waals surface area contributed by atoms with E-state index >= 15 is 0 Å². The number of para-hydroxylation sites is 1.